The number of aliphatic carboxylic acids is 1. The van der Waals surface area contributed by atoms with Gasteiger partial charge in [-0.05, 0) is 62.5 Å². The number of likely N-dealkylation sites (tertiary alicyclic amines) is 1. The number of nitrogens with zero attached hydrogens (tertiary/aromatic N) is 1. The maximum absolute atomic E-state index is 12.3. The lowest BCUT2D eigenvalue weighted by atomic mass is 9.74. The van der Waals surface area contributed by atoms with Crippen LogP contribution in [0.4, 0.5) is 0 Å². The summed E-state index contributed by atoms with van der Waals surface area (Å²) >= 11 is 0. The quantitative estimate of drug-likeness (QED) is 0.344. The zero-order chi connectivity index (χ0) is 23.7. The number of carboxylic acids is 1. The second kappa shape index (κ2) is 11.8. The molecule has 0 bridgehead atoms. The van der Waals surface area contributed by atoms with Crippen LogP contribution in [0.2, 0.25) is 0 Å². The highest BCUT2D eigenvalue weighted by Gasteiger charge is 2.33. The summed E-state index contributed by atoms with van der Waals surface area (Å²) in [7, 11) is 2.15. The first-order valence-electron chi connectivity index (χ1n) is 11.4. The number of likely N-dealkylation sites (N-methyl/N-ethyl adjacent to an activating group) is 1. The lowest BCUT2D eigenvalue weighted by Gasteiger charge is -2.35. The van der Waals surface area contributed by atoms with Crippen LogP contribution in [-0.4, -0.2) is 54.0 Å². The molecule has 0 spiro atoms. The summed E-state index contributed by atoms with van der Waals surface area (Å²) in [5.74, 6) is -1.88. The van der Waals surface area contributed by atoms with E-state index >= 15 is 0 Å². The average molecular weight is 445 g/mol. The molecule has 0 saturated carbocycles. The zero-order valence-corrected chi connectivity index (χ0v) is 19.6. The Morgan fingerprint density at radius 1 is 1.28 bits per heavy atom. The number of carbonyl (C=O) groups is 3. The van der Waals surface area contributed by atoms with Gasteiger partial charge in [-0.1, -0.05) is 45.4 Å². The van der Waals surface area contributed by atoms with Gasteiger partial charge in [0.25, 0.3) is 0 Å². The molecular weight excluding hydrogens is 408 g/mol. The number of hydrogen-bond acceptors (Lipinski definition) is 5. The lowest BCUT2D eigenvalue weighted by molar-refractivity contribution is -0.142. The molecule has 1 heterocycles. The van der Waals surface area contributed by atoms with E-state index in [9.17, 15) is 14.4 Å². The van der Waals surface area contributed by atoms with Crippen LogP contribution in [0.15, 0.2) is 36.4 Å². The van der Waals surface area contributed by atoms with Gasteiger partial charge in [0, 0.05) is 12.0 Å². The van der Waals surface area contributed by atoms with Crippen molar-refractivity contribution in [2.75, 3.05) is 20.1 Å². The molecule has 0 aliphatic carbocycles. The van der Waals surface area contributed by atoms with Crippen LogP contribution in [0.3, 0.4) is 0 Å². The van der Waals surface area contributed by atoms with Crippen LogP contribution in [0.1, 0.15) is 58.4 Å². The summed E-state index contributed by atoms with van der Waals surface area (Å²) in [6.45, 7) is 7.71. The van der Waals surface area contributed by atoms with Crippen LogP contribution in [-0.2, 0) is 19.8 Å². The van der Waals surface area contributed by atoms with E-state index in [0.717, 1.165) is 25.9 Å². The monoisotopic (exact) mass is 444 g/mol. The Kier molecular flexibility index (Phi) is 9.44. The molecule has 0 radical (unpaired) electrons. The third kappa shape index (κ3) is 7.19. The predicted octanol–water partition coefficient (Wildman–Crippen LogP) is 3.53. The van der Waals surface area contributed by atoms with Crippen molar-refractivity contribution in [2.45, 2.75) is 64.3 Å². The van der Waals surface area contributed by atoms with Crippen molar-refractivity contribution in [1.82, 2.24) is 10.2 Å². The predicted molar refractivity (Wildman–Crippen MR) is 124 cm³/mol. The highest BCUT2D eigenvalue weighted by molar-refractivity contribution is 5.91. The molecule has 1 saturated heterocycles. The van der Waals surface area contributed by atoms with Gasteiger partial charge in [-0.25, -0.2) is 4.79 Å². The Morgan fingerprint density at radius 2 is 2.03 bits per heavy atom. The summed E-state index contributed by atoms with van der Waals surface area (Å²) in [6.07, 6.45) is 6.96. The second-order valence-corrected chi connectivity index (χ2v) is 9.01. The Balaban J connectivity index is 1.98. The summed E-state index contributed by atoms with van der Waals surface area (Å²) in [6, 6.07) is 6.77. The molecule has 1 aliphatic heterocycles. The van der Waals surface area contributed by atoms with E-state index in [2.05, 4.69) is 30.3 Å². The van der Waals surface area contributed by atoms with Crippen molar-refractivity contribution >= 4 is 17.8 Å². The molecule has 32 heavy (non-hydrogen) atoms. The molecule has 1 amide bonds. The van der Waals surface area contributed by atoms with Crippen molar-refractivity contribution in [3.8, 4) is 5.75 Å². The van der Waals surface area contributed by atoms with Crippen molar-refractivity contribution in [1.29, 1.82) is 0 Å². The number of esters is 1. The smallest absolute Gasteiger partial charge is 0.326 e. The highest BCUT2D eigenvalue weighted by atomic mass is 16.5. The van der Waals surface area contributed by atoms with Gasteiger partial charge in [0.1, 0.15) is 11.8 Å². The third-order valence-corrected chi connectivity index (χ3v) is 6.16. The molecule has 1 aliphatic rings. The first kappa shape index (κ1) is 25.6. The van der Waals surface area contributed by atoms with Gasteiger partial charge in [-0.2, -0.15) is 0 Å². The van der Waals surface area contributed by atoms with E-state index in [1.54, 1.807) is 19.9 Å². The molecule has 1 aromatic carbocycles. The van der Waals surface area contributed by atoms with Gasteiger partial charge >= 0.3 is 11.9 Å². The van der Waals surface area contributed by atoms with Crippen LogP contribution >= 0.6 is 0 Å². The molecule has 7 nitrogen and oxygen atoms in total. The van der Waals surface area contributed by atoms with Gasteiger partial charge in [-0.15, -0.1) is 0 Å². The number of carboxylic acid groups (broad SMARTS) is 1. The molecular formula is C25H36N2O5. The summed E-state index contributed by atoms with van der Waals surface area (Å²) < 4.78 is 5.50. The number of rotatable bonds is 9. The van der Waals surface area contributed by atoms with Gasteiger partial charge in [-0.3, -0.25) is 9.59 Å². The van der Waals surface area contributed by atoms with E-state index in [1.807, 2.05) is 12.1 Å². The molecule has 2 N–H and O–H groups in total. The van der Waals surface area contributed by atoms with Crippen molar-refractivity contribution in [3.05, 3.63) is 42.0 Å². The van der Waals surface area contributed by atoms with Crippen LogP contribution in [0.25, 0.3) is 0 Å². The van der Waals surface area contributed by atoms with Gasteiger partial charge in [0.15, 0.2) is 0 Å². The second-order valence-electron chi connectivity index (χ2n) is 9.01. The van der Waals surface area contributed by atoms with E-state index < -0.39 is 23.9 Å². The van der Waals surface area contributed by atoms with Crippen LogP contribution in [0, 0.1) is 5.92 Å². The first-order valence-corrected chi connectivity index (χ1v) is 11.4. The van der Waals surface area contributed by atoms with E-state index in [1.165, 1.54) is 30.6 Å². The van der Waals surface area contributed by atoms with E-state index in [0.29, 0.717) is 5.75 Å². The maximum Gasteiger partial charge on any atom is 0.326 e. The highest BCUT2D eigenvalue weighted by Crippen LogP contribution is 2.37. The zero-order valence-electron chi connectivity index (χ0n) is 19.6. The minimum Gasteiger partial charge on any atom is -0.480 e. The van der Waals surface area contributed by atoms with E-state index in [4.69, 9.17) is 9.84 Å². The molecule has 1 aromatic rings. The number of nitrogens with one attached hydrogen (secondary N) is 1. The SMILES string of the molecule is CCC1(c2cccc(OC(=O)C/C=C/C(=O)NC(C(=O)O)C(C)C)c2)CCCCN(C)C1. The van der Waals surface area contributed by atoms with Gasteiger partial charge in [0.05, 0.1) is 6.42 Å². The van der Waals surface area contributed by atoms with Gasteiger partial charge in [0.2, 0.25) is 5.91 Å². The normalized spacial score (nSPS) is 20.7. The number of carbonyl (C=O) groups excluding carboxylic acids is 2. The molecule has 2 rings (SSSR count). The average Bonchev–Trinajstić information content (AvgIpc) is 2.93. The molecule has 0 aromatic heterocycles. The topological polar surface area (TPSA) is 95.9 Å². The van der Waals surface area contributed by atoms with Crippen LogP contribution in [0.5, 0.6) is 5.75 Å². The Bertz CT molecular complexity index is 835. The number of amides is 1. The van der Waals surface area contributed by atoms with Crippen molar-refractivity contribution in [3.63, 3.8) is 0 Å². The number of benzene rings is 1. The number of hydrogen-bond donors (Lipinski definition) is 2. The minimum atomic E-state index is -1.09. The fourth-order valence-corrected chi connectivity index (χ4v) is 4.29. The Hall–Kier alpha value is -2.67. The third-order valence-electron chi connectivity index (χ3n) is 6.16. The largest absolute Gasteiger partial charge is 0.480 e. The van der Waals surface area contributed by atoms with Crippen molar-refractivity contribution < 1.29 is 24.2 Å². The minimum absolute atomic E-state index is 0.0444. The number of ether oxygens (including phenoxy) is 1. The summed E-state index contributed by atoms with van der Waals surface area (Å²) in [5, 5.41) is 11.6. The first-order chi connectivity index (χ1) is 15.2. The summed E-state index contributed by atoms with van der Waals surface area (Å²) in [4.78, 5) is 37.7. The Morgan fingerprint density at radius 3 is 2.69 bits per heavy atom. The molecule has 7 heteroatoms. The Labute approximate surface area is 190 Å². The van der Waals surface area contributed by atoms with E-state index in [-0.39, 0.29) is 17.8 Å². The molecule has 176 valence electrons. The maximum atomic E-state index is 12.3. The summed E-state index contributed by atoms with van der Waals surface area (Å²) in [5.41, 5.74) is 1.23. The molecule has 1 fully saturated rings. The van der Waals surface area contributed by atoms with Crippen LogP contribution < -0.4 is 10.1 Å². The van der Waals surface area contributed by atoms with Gasteiger partial charge < -0.3 is 20.1 Å². The fraction of sp³-hybridized carbons (Fsp3) is 0.560. The van der Waals surface area contributed by atoms with Crippen molar-refractivity contribution in [2.24, 2.45) is 5.92 Å². The standard InChI is InChI=1S/C25H36N2O5/c1-5-25(14-6-7-15-27(4)17-25)19-10-8-11-20(16-19)32-22(29)13-9-12-21(28)26-23(18(2)3)24(30)31/h8-12,16,18,23H,5-7,13-15,17H2,1-4H3,(H,26,28)(H,30,31)/b12-9+. The molecule has 2 unspecified atom stereocenters. The fourth-order valence-electron chi connectivity index (χ4n) is 4.29. The molecule has 2 atom stereocenters. The lowest BCUT2D eigenvalue weighted by Crippen LogP contribution is -2.43.